The highest BCUT2D eigenvalue weighted by molar-refractivity contribution is 5.63. The lowest BCUT2D eigenvalue weighted by atomic mass is 10.3. The fourth-order valence-corrected chi connectivity index (χ4v) is 1.19. The molecule has 4 heteroatoms. The number of carboxylic acids is 1. The Morgan fingerprint density at radius 1 is 1.06 bits per heavy atom. The fourth-order valence-electron chi connectivity index (χ4n) is 1.19. The average molecular weight is 245 g/mol. The molecule has 0 bridgehead atoms. The van der Waals surface area contributed by atoms with Crippen LogP contribution in [0, 0.1) is 0 Å². The van der Waals surface area contributed by atoms with E-state index in [1.165, 1.54) is 0 Å². The Balaban J connectivity index is 0.000000357. The van der Waals surface area contributed by atoms with E-state index in [1.807, 2.05) is 54.6 Å². The van der Waals surface area contributed by atoms with Crippen LogP contribution in [0.3, 0.4) is 0 Å². The van der Waals surface area contributed by atoms with Gasteiger partial charge in [0, 0.05) is 6.92 Å². The van der Waals surface area contributed by atoms with E-state index in [1.54, 1.807) is 0 Å². The lowest BCUT2D eigenvalue weighted by molar-refractivity contribution is -0.134. The first-order valence-corrected chi connectivity index (χ1v) is 5.36. The van der Waals surface area contributed by atoms with E-state index in [-0.39, 0.29) is 0 Å². The van der Waals surface area contributed by atoms with Crippen molar-refractivity contribution in [3.8, 4) is 11.5 Å². The van der Waals surface area contributed by atoms with Gasteiger partial charge in [-0.05, 0) is 24.3 Å². The van der Waals surface area contributed by atoms with E-state index in [0.29, 0.717) is 11.4 Å². The summed E-state index contributed by atoms with van der Waals surface area (Å²) in [7, 11) is 0. The Morgan fingerprint density at radius 2 is 1.56 bits per heavy atom. The number of para-hydroxylation sites is 3. The molecule has 0 aliphatic carbocycles. The molecule has 0 atom stereocenters. The second-order valence-corrected chi connectivity index (χ2v) is 3.47. The molecule has 2 rings (SSSR count). The lowest BCUT2D eigenvalue weighted by Gasteiger charge is -2.07. The van der Waals surface area contributed by atoms with E-state index in [4.69, 9.17) is 20.4 Å². The van der Waals surface area contributed by atoms with Crippen LogP contribution in [0.15, 0.2) is 54.6 Å². The van der Waals surface area contributed by atoms with Crippen LogP contribution in [0.2, 0.25) is 0 Å². The SMILES string of the molecule is CC(=O)O.Nc1ccccc1Oc1ccccc1. The van der Waals surface area contributed by atoms with Gasteiger partial charge in [0.15, 0.2) is 0 Å². The molecular formula is C14H15NO3. The van der Waals surface area contributed by atoms with Gasteiger partial charge in [0.2, 0.25) is 0 Å². The lowest BCUT2D eigenvalue weighted by Crippen LogP contribution is -1.90. The highest BCUT2D eigenvalue weighted by Gasteiger charge is 1.98. The van der Waals surface area contributed by atoms with Crippen LogP contribution in [0.1, 0.15) is 6.92 Å². The van der Waals surface area contributed by atoms with Crippen molar-refractivity contribution in [2.45, 2.75) is 6.92 Å². The maximum atomic E-state index is 9.00. The van der Waals surface area contributed by atoms with Crippen LogP contribution in [-0.2, 0) is 4.79 Å². The van der Waals surface area contributed by atoms with Crippen molar-refractivity contribution in [3.05, 3.63) is 54.6 Å². The summed E-state index contributed by atoms with van der Waals surface area (Å²) < 4.78 is 5.58. The van der Waals surface area contributed by atoms with Gasteiger partial charge in [0.05, 0.1) is 5.69 Å². The van der Waals surface area contributed by atoms with Crippen LogP contribution < -0.4 is 10.5 Å². The van der Waals surface area contributed by atoms with Crippen molar-refractivity contribution < 1.29 is 14.6 Å². The number of nitrogen functional groups attached to an aromatic ring is 1. The number of carboxylic acid groups (broad SMARTS) is 1. The minimum Gasteiger partial charge on any atom is -0.481 e. The molecule has 2 aromatic rings. The van der Waals surface area contributed by atoms with Crippen LogP contribution in [0.4, 0.5) is 5.69 Å². The third-order valence-electron chi connectivity index (χ3n) is 1.89. The van der Waals surface area contributed by atoms with Gasteiger partial charge in [-0.25, -0.2) is 0 Å². The van der Waals surface area contributed by atoms with Crippen LogP contribution in [0.5, 0.6) is 11.5 Å². The predicted octanol–water partition coefficient (Wildman–Crippen LogP) is 3.15. The van der Waals surface area contributed by atoms with Gasteiger partial charge in [-0.2, -0.15) is 0 Å². The van der Waals surface area contributed by atoms with Gasteiger partial charge in [-0.1, -0.05) is 30.3 Å². The quantitative estimate of drug-likeness (QED) is 0.797. The summed E-state index contributed by atoms with van der Waals surface area (Å²) in [6.07, 6.45) is 0. The summed E-state index contributed by atoms with van der Waals surface area (Å²) in [5.41, 5.74) is 6.39. The zero-order valence-electron chi connectivity index (χ0n) is 10.0. The first kappa shape index (κ1) is 13.6. The Hall–Kier alpha value is -2.49. The van der Waals surface area contributed by atoms with Crippen molar-refractivity contribution in [1.82, 2.24) is 0 Å². The number of aliphatic carboxylic acids is 1. The van der Waals surface area contributed by atoms with Crippen molar-refractivity contribution >= 4 is 11.7 Å². The first-order valence-electron chi connectivity index (χ1n) is 5.36. The maximum absolute atomic E-state index is 9.00. The molecule has 0 amide bonds. The molecule has 0 saturated carbocycles. The van der Waals surface area contributed by atoms with E-state index < -0.39 is 5.97 Å². The highest BCUT2D eigenvalue weighted by atomic mass is 16.5. The molecular weight excluding hydrogens is 230 g/mol. The topological polar surface area (TPSA) is 72.5 Å². The number of anilines is 1. The van der Waals surface area contributed by atoms with Gasteiger partial charge in [0.25, 0.3) is 5.97 Å². The van der Waals surface area contributed by atoms with E-state index in [2.05, 4.69) is 0 Å². The largest absolute Gasteiger partial charge is 0.481 e. The molecule has 0 radical (unpaired) electrons. The molecule has 0 aromatic heterocycles. The van der Waals surface area contributed by atoms with Gasteiger partial charge in [-0.3, -0.25) is 4.79 Å². The zero-order valence-corrected chi connectivity index (χ0v) is 10.0. The van der Waals surface area contributed by atoms with E-state index >= 15 is 0 Å². The van der Waals surface area contributed by atoms with Gasteiger partial charge >= 0.3 is 0 Å². The standard InChI is InChI=1S/C12H11NO.C2H4O2/c13-11-8-4-5-9-12(11)14-10-6-2-1-3-7-10;1-2(3)4/h1-9H,13H2;1H3,(H,3,4). The summed E-state index contributed by atoms with van der Waals surface area (Å²) in [6, 6.07) is 17.0. The highest BCUT2D eigenvalue weighted by Crippen LogP contribution is 2.26. The monoisotopic (exact) mass is 245 g/mol. The van der Waals surface area contributed by atoms with Gasteiger partial charge in [-0.15, -0.1) is 0 Å². The number of rotatable bonds is 2. The maximum Gasteiger partial charge on any atom is 0.300 e. The Kier molecular flexibility index (Phi) is 5.25. The normalized spacial score (nSPS) is 8.94. The number of nitrogens with two attached hydrogens (primary N) is 1. The minimum atomic E-state index is -0.833. The molecule has 4 nitrogen and oxygen atoms in total. The Labute approximate surface area is 106 Å². The second kappa shape index (κ2) is 6.96. The summed E-state index contributed by atoms with van der Waals surface area (Å²) in [5.74, 6) is 0.657. The molecule has 94 valence electrons. The second-order valence-electron chi connectivity index (χ2n) is 3.47. The fraction of sp³-hybridized carbons (Fsp3) is 0.0714. The predicted molar refractivity (Wildman–Crippen MR) is 70.7 cm³/mol. The van der Waals surface area contributed by atoms with Crippen molar-refractivity contribution in [3.63, 3.8) is 0 Å². The van der Waals surface area contributed by atoms with Crippen LogP contribution in [0.25, 0.3) is 0 Å². The van der Waals surface area contributed by atoms with Crippen molar-refractivity contribution in [2.24, 2.45) is 0 Å². The van der Waals surface area contributed by atoms with Crippen molar-refractivity contribution in [1.29, 1.82) is 0 Å². The molecule has 0 spiro atoms. The number of ether oxygens (including phenoxy) is 1. The summed E-state index contributed by atoms with van der Waals surface area (Å²) >= 11 is 0. The number of benzene rings is 2. The smallest absolute Gasteiger partial charge is 0.300 e. The third kappa shape index (κ3) is 5.03. The molecule has 0 aliphatic heterocycles. The zero-order chi connectivity index (χ0) is 13.4. The van der Waals surface area contributed by atoms with Crippen LogP contribution >= 0.6 is 0 Å². The minimum absolute atomic E-state index is 0.649. The number of hydrogen-bond donors (Lipinski definition) is 2. The Morgan fingerprint density at radius 3 is 2.11 bits per heavy atom. The molecule has 0 aliphatic rings. The molecule has 0 fully saturated rings. The van der Waals surface area contributed by atoms with Gasteiger partial charge < -0.3 is 15.6 Å². The summed E-state index contributed by atoms with van der Waals surface area (Å²) in [5, 5.41) is 7.42. The van der Waals surface area contributed by atoms with Crippen molar-refractivity contribution in [2.75, 3.05) is 5.73 Å². The molecule has 0 unspecified atom stereocenters. The van der Waals surface area contributed by atoms with Gasteiger partial charge in [0.1, 0.15) is 11.5 Å². The van der Waals surface area contributed by atoms with E-state index in [9.17, 15) is 0 Å². The van der Waals surface area contributed by atoms with Crippen LogP contribution in [-0.4, -0.2) is 11.1 Å². The molecule has 18 heavy (non-hydrogen) atoms. The first-order chi connectivity index (χ1) is 8.59. The summed E-state index contributed by atoms with van der Waals surface area (Å²) in [6.45, 7) is 1.08. The molecule has 0 heterocycles. The average Bonchev–Trinajstić information content (AvgIpc) is 2.33. The number of hydrogen-bond acceptors (Lipinski definition) is 3. The molecule has 2 aromatic carbocycles. The molecule has 3 N–H and O–H groups in total. The molecule has 0 saturated heterocycles. The number of carbonyl (C=O) groups is 1. The summed E-state index contributed by atoms with van der Waals surface area (Å²) in [4.78, 5) is 9.00. The third-order valence-corrected chi connectivity index (χ3v) is 1.89. The Bertz CT molecular complexity index is 493. The van der Waals surface area contributed by atoms with E-state index in [0.717, 1.165) is 12.7 Å².